The van der Waals surface area contributed by atoms with E-state index in [-0.39, 0.29) is 0 Å². The predicted octanol–water partition coefficient (Wildman–Crippen LogP) is 2.52. The first-order valence-corrected chi connectivity index (χ1v) is 9.20. The number of ether oxygens (including phenoxy) is 1. The molecule has 7 heteroatoms. The van der Waals surface area contributed by atoms with E-state index in [2.05, 4.69) is 40.0 Å². The number of nitrogens with zero attached hydrogens (tertiary/aromatic N) is 3. The van der Waals surface area contributed by atoms with E-state index in [0.29, 0.717) is 12.1 Å². The Bertz CT molecular complexity index is 522. The summed E-state index contributed by atoms with van der Waals surface area (Å²) >= 11 is 7.61. The number of guanidine groups is 1. The van der Waals surface area contributed by atoms with Gasteiger partial charge in [-0.3, -0.25) is 9.89 Å². The van der Waals surface area contributed by atoms with E-state index in [4.69, 9.17) is 16.3 Å². The maximum Gasteiger partial charge on any atom is 0.193 e. The van der Waals surface area contributed by atoms with E-state index in [1.54, 1.807) is 11.3 Å². The maximum atomic E-state index is 6.00. The number of rotatable bonds is 5. The summed E-state index contributed by atoms with van der Waals surface area (Å²) in [5, 5.41) is 3.48. The van der Waals surface area contributed by atoms with Crippen molar-refractivity contribution in [2.45, 2.75) is 32.5 Å². The van der Waals surface area contributed by atoms with Crippen LogP contribution in [0.4, 0.5) is 0 Å². The van der Waals surface area contributed by atoms with Crippen LogP contribution in [0.15, 0.2) is 17.1 Å². The van der Waals surface area contributed by atoms with Crippen molar-refractivity contribution in [3.05, 3.63) is 21.3 Å². The van der Waals surface area contributed by atoms with Gasteiger partial charge >= 0.3 is 0 Å². The molecular weight excluding hydrogens is 332 g/mol. The molecule has 130 valence electrons. The fourth-order valence-corrected chi connectivity index (χ4v) is 4.02. The lowest BCUT2D eigenvalue weighted by Crippen LogP contribution is -2.53. The van der Waals surface area contributed by atoms with Crippen molar-refractivity contribution in [1.29, 1.82) is 0 Å². The molecule has 1 aromatic heterocycles. The molecule has 2 atom stereocenters. The average molecular weight is 359 g/mol. The Kier molecular flexibility index (Phi) is 7.14. The van der Waals surface area contributed by atoms with Crippen LogP contribution >= 0.6 is 22.9 Å². The zero-order valence-corrected chi connectivity index (χ0v) is 16.0. The second-order valence-electron chi connectivity index (χ2n) is 6.00. The van der Waals surface area contributed by atoms with Gasteiger partial charge in [-0.25, -0.2) is 0 Å². The van der Waals surface area contributed by atoms with Gasteiger partial charge in [-0.2, -0.15) is 0 Å². The van der Waals surface area contributed by atoms with Gasteiger partial charge in [-0.15, -0.1) is 11.3 Å². The van der Waals surface area contributed by atoms with Crippen LogP contribution in [0, 0.1) is 0 Å². The third-order valence-corrected chi connectivity index (χ3v) is 5.35. The van der Waals surface area contributed by atoms with Crippen molar-refractivity contribution in [3.8, 4) is 0 Å². The summed E-state index contributed by atoms with van der Waals surface area (Å²) in [6.07, 6.45) is 0. The first kappa shape index (κ1) is 18.5. The van der Waals surface area contributed by atoms with Gasteiger partial charge in [0.1, 0.15) is 0 Å². The van der Waals surface area contributed by atoms with Crippen molar-refractivity contribution in [3.63, 3.8) is 0 Å². The van der Waals surface area contributed by atoms with Crippen molar-refractivity contribution in [1.82, 2.24) is 15.1 Å². The molecule has 0 saturated carbocycles. The smallest absolute Gasteiger partial charge is 0.193 e. The van der Waals surface area contributed by atoms with Crippen LogP contribution in [0.3, 0.4) is 0 Å². The summed E-state index contributed by atoms with van der Waals surface area (Å²) < 4.78 is 6.34. The number of aliphatic imine (C=N–C) groups is 1. The van der Waals surface area contributed by atoms with Gasteiger partial charge in [0.05, 0.1) is 24.1 Å². The molecule has 1 saturated heterocycles. The van der Waals surface area contributed by atoms with Crippen molar-refractivity contribution >= 4 is 28.9 Å². The molecule has 5 nitrogen and oxygen atoms in total. The normalized spacial score (nSPS) is 21.3. The molecular formula is C16H27ClN4OS. The number of morpholine rings is 1. The molecule has 0 aromatic carbocycles. The third kappa shape index (κ3) is 5.35. The second-order valence-corrected chi connectivity index (χ2v) is 7.80. The summed E-state index contributed by atoms with van der Waals surface area (Å²) in [4.78, 5) is 10.2. The van der Waals surface area contributed by atoms with Crippen LogP contribution in [0.5, 0.6) is 0 Å². The summed E-state index contributed by atoms with van der Waals surface area (Å²) in [7, 11) is 3.87. The number of thiophene rings is 1. The lowest BCUT2D eigenvalue weighted by molar-refractivity contribution is -0.0175. The Hall–Kier alpha value is -0.820. The van der Waals surface area contributed by atoms with Gasteiger partial charge in [-0.1, -0.05) is 11.6 Å². The van der Waals surface area contributed by atoms with E-state index in [0.717, 1.165) is 43.1 Å². The minimum Gasteiger partial charge on any atom is -0.379 e. The highest BCUT2D eigenvalue weighted by molar-refractivity contribution is 7.16. The predicted molar refractivity (Wildman–Crippen MR) is 98.6 cm³/mol. The zero-order chi connectivity index (χ0) is 16.8. The van der Waals surface area contributed by atoms with Gasteiger partial charge in [0, 0.05) is 44.1 Å². The molecule has 1 N–H and O–H groups in total. The van der Waals surface area contributed by atoms with Crippen molar-refractivity contribution in [2.75, 3.05) is 40.4 Å². The monoisotopic (exact) mass is 358 g/mol. The van der Waals surface area contributed by atoms with Gasteiger partial charge in [0.25, 0.3) is 0 Å². The molecule has 1 aliphatic rings. The standard InChI is InChI=1S/C16H27ClN4OS/c1-12(21-7-8-22-11-13(21)2)9-19-16(18-3)20(4)10-14-5-6-15(17)23-14/h5-6,12-13H,7-11H2,1-4H3,(H,18,19). The molecule has 2 rings (SSSR count). The number of hydrogen-bond acceptors (Lipinski definition) is 4. The number of nitrogens with one attached hydrogen (secondary N) is 1. The molecule has 0 spiro atoms. The molecule has 1 aromatic rings. The van der Waals surface area contributed by atoms with E-state index >= 15 is 0 Å². The highest BCUT2D eigenvalue weighted by atomic mass is 35.5. The molecule has 0 amide bonds. The van der Waals surface area contributed by atoms with Crippen molar-refractivity contribution in [2.24, 2.45) is 4.99 Å². The maximum absolute atomic E-state index is 6.00. The van der Waals surface area contributed by atoms with Crippen LogP contribution < -0.4 is 5.32 Å². The molecule has 23 heavy (non-hydrogen) atoms. The summed E-state index contributed by atoms with van der Waals surface area (Å²) in [6, 6.07) is 4.91. The van der Waals surface area contributed by atoms with Gasteiger partial charge in [0.2, 0.25) is 0 Å². The fraction of sp³-hybridized carbons (Fsp3) is 0.688. The number of hydrogen-bond donors (Lipinski definition) is 1. The largest absolute Gasteiger partial charge is 0.379 e. The van der Waals surface area contributed by atoms with Gasteiger partial charge < -0.3 is 15.0 Å². The van der Waals surface area contributed by atoms with Crippen LogP contribution in [0.25, 0.3) is 0 Å². The first-order valence-electron chi connectivity index (χ1n) is 8.00. The summed E-state index contributed by atoms with van der Waals surface area (Å²) in [5.41, 5.74) is 0. The van der Waals surface area contributed by atoms with Crippen LogP contribution in [-0.4, -0.2) is 68.2 Å². The Morgan fingerprint density at radius 1 is 1.61 bits per heavy atom. The second kappa shape index (κ2) is 8.87. The Morgan fingerprint density at radius 3 is 3.00 bits per heavy atom. The molecule has 1 aliphatic heterocycles. The van der Waals surface area contributed by atoms with Crippen molar-refractivity contribution < 1.29 is 4.74 Å². The fourth-order valence-electron chi connectivity index (χ4n) is 2.88. The van der Waals surface area contributed by atoms with E-state index < -0.39 is 0 Å². The molecule has 0 bridgehead atoms. The summed E-state index contributed by atoms with van der Waals surface area (Å²) in [5.74, 6) is 0.905. The minimum atomic E-state index is 0.440. The van der Waals surface area contributed by atoms with Crippen LogP contribution in [-0.2, 0) is 11.3 Å². The lowest BCUT2D eigenvalue weighted by atomic mass is 10.2. The SMILES string of the molecule is CN=C(NCC(C)N1CCOCC1C)N(C)Cc1ccc(Cl)s1. The topological polar surface area (TPSA) is 40.1 Å². The van der Waals surface area contributed by atoms with Gasteiger partial charge in [-0.05, 0) is 26.0 Å². The Labute approximate surface area is 148 Å². The zero-order valence-electron chi connectivity index (χ0n) is 14.4. The van der Waals surface area contributed by atoms with E-state index in [1.807, 2.05) is 20.2 Å². The van der Waals surface area contributed by atoms with Crippen LogP contribution in [0.2, 0.25) is 4.34 Å². The molecule has 0 aliphatic carbocycles. The highest BCUT2D eigenvalue weighted by Crippen LogP contribution is 2.22. The molecule has 1 fully saturated rings. The van der Waals surface area contributed by atoms with Crippen LogP contribution in [0.1, 0.15) is 18.7 Å². The minimum absolute atomic E-state index is 0.440. The highest BCUT2D eigenvalue weighted by Gasteiger charge is 2.23. The van der Waals surface area contributed by atoms with E-state index in [9.17, 15) is 0 Å². The van der Waals surface area contributed by atoms with E-state index in [1.165, 1.54) is 4.88 Å². The Balaban J connectivity index is 1.84. The molecule has 2 heterocycles. The quantitative estimate of drug-likeness (QED) is 0.648. The number of halogens is 1. The average Bonchev–Trinajstić information content (AvgIpc) is 2.93. The van der Waals surface area contributed by atoms with Gasteiger partial charge in [0.15, 0.2) is 5.96 Å². The third-order valence-electron chi connectivity index (χ3n) is 4.14. The summed E-state index contributed by atoms with van der Waals surface area (Å²) in [6.45, 7) is 8.77. The lowest BCUT2D eigenvalue weighted by Gasteiger charge is -2.38. The molecule has 2 unspecified atom stereocenters. The Morgan fingerprint density at radius 2 is 2.39 bits per heavy atom. The first-order chi connectivity index (χ1) is 11.0. The molecule has 0 radical (unpaired) electrons.